The van der Waals surface area contributed by atoms with Gasteiger partial charge >= 0.3 is 7.82 Å². The minimum atomic E-state index is -4.35. The number of carbonyl (C=O) groups is 1. The van der Waals surface area contributed by atoms with Gasteiger partial charge in [-0.15, -0.1) is 0 Å². The molecule has 422 valence electrons. The number of hydrogen-bond acceptors (Lipinski definition) is 5. The Kier molecular flexibility index (Phi) is 53.0. The zero-order valence-electron chi connectivity index (χ0n) is 48.2. The summed E-state index contributed by atoms with van der Waals surface area (Å²) < 4.78 is 23.7. The van der Waals surface area contributed by atoms with Crippen LogP contribution in [0.2, 0.25) is 0 Å². The number of allylic oxidation sites excluding steroid dienone is 3. The van der Waals surface area contributed by atoms with Crippen molar-refractivity contribution in [3.63, 3.8) is 0 Å². The molecule has 0 aliphatic heterocycles. The fourth-order valence-corrected chi connectivity index (χ4v) is 10.3. The topological polar surface area (TPSA) is 105 Å². The third-order valence-corrected chi connectivity index (χ3v) is 15.4. The van der Waals surface area contributed by atoms with Crippen LogP contribution < -0.4 is 5.32 Å². The molecule has 71 heavy (non-hydrogen) atoms. The second kappa shape index (κ2) is 53.8. The standard InChI is InChI=1S/C62H123N2O6P/c1-6-8-10-12-14-16-18-20-22-24-26-28-29-30-31-32-33-34-36-38-40-42-44-46-48-50-52-54-56-62(66)63-60(59-70-71(67,68)69-58-57-64(3,4)5)61(65)55-53-51-49-47-45-43-41-39-37-35-27-25-23-21-19-17-15-13-11-9-7-2/h45,47,53,55,60-61,65H,6-44,46,48-52,54,56-59H2,1-5H3,(H-,63,66,67,68)/p+1/b47-45+,55-53+. The molecule has 3 N–H and O–H groups in total. The van der Waals surface area contributed by atoms with E-state index in [1.165, 1.54) is 257 Å². The van der Waals surface area contributed by atoms with Gasteiger partial charge in [0.2, 0.25) is 5.91 Å². The maximum atomic E-state index is 13.0. The van der Waals surface area contributed by atoms with Crippen LogP contribution in [0.1, 0.15) is 316 Å². The Bertz CT molecular complexity index is 1210. The minimum absolute atomic E-state index is 0.0589. The molecule has 9 heteroatoms. The average molecular weight is 1020 g/mol. The summed E-state index contributed by atoms with van der Waals surface area (Å²) in [5, 5.41) is 13.9. The molecule has 3 unspecified atom stereocenters. The highest BCUT2D eigenvalue weighted by atomic mass is 31.2. The Morgan fingerprint density at radius 1 is 0.465 bits per heavy atom. The number of unbranched alkanes of at least 4 members (excludes halogenated alkanes) is 43. The van der Waals surface area contributed by atoms with Gasteiger partial charge in [0.15, 0.2) is 0 Å². The number of carbonyl (C=O) groups excluding carboxylic acids is 1. The highest BCUT2D eigenvalue weighted by Gasteiger charge is 2.27. The molecule has 3 atom stereocenters. The van der Waals surface area contributed by atoms with Gasteiger partial charge in [-0.3, -0.25) is 13.8 Å². The van der Waals surface area contributed by atoms with Crippen LogP contribution in [0.4, 0.5) is 0 Å². The second-order valence-corrected chi connectivity index (χ2v) is 24.2. The van der Waals surface area contributed by atoms with Gasteiger partial charge in [0.1, 0.15) is 13.2 Å². The summed E-state index contributed by atoms with van der Waals surface area (Å²) in [4.78, 5) is 23.3. The smallest absolute Gasteiger partial charge is 0.387 e. The number of nitrogens with zero attached hydrogens (tertiary/aromatic N) is 1. The number of nitrogens with one attached hydrogen (secondary N) is 1. The first-order valence-corrected chi connectivity index (χ1v) is 32.7. The third-order valence-electron chi connectivity index (χ3n) is 14.4. The van der Waals surface area contributed by atoms with Gasteiger partial charge in [0.25, 0.3) is 0 Å². The van der Waals surface area contributed by atoms with Crippen LogP contribution in [0, 0.1) is 0 Å². The van der Waals surface area contributed by atoms with E-state index in [2.05, 4.69) is 31.3 Å². The van der Waals surface area contributed by atoms with E-state index in [0.29, 0.717) is 17.4 Å². The van der Waals surface area contributed by atoms with Gasteiger partial charge in [0, 0.05) is 6.42 Å². The normalized spacial score (nSPS) is 14.0. The molecule has 1 amide bonds. The van der Waals surface area contributed by atoms with E-state index in [1.807, 2.05) is 27.2 Å². The van der Waals surface area contributed by atoms with Gasteiger partial charge < -0.3 is 19.8 Å². The molecule has 0 aliphatic carbocycles. The van der Waals surface area contributed by atoms with Gasteiger partial charge in [0.05, 0.1) is 39.9 Å². The first kappa shape index (κ1) is 70.0. The zero-order valence-corrected chi connectivity index (χ0v) is 49.1. The van der Waals surface area contributed by atoms with E-state index in [9.17, 15) is 19.4 Å². The SMILES string of the molecule is CCCCCCCCCCCCCCCCC/C=C/CC/C=C/C(O)C(COP(=O)(O)OCC[N+](C)(C)C)NC(=O)CCCCCCCCCCCCCCCCCCCCCCCCCCCCCC. The van der Waals surface area contributed by atoms with E-state index >= 15 is 0 Å². The number of rotatable bonds is 58. The molecule has 0 bridgehead atoms. The molecule has 0 aromatic carbocycles. The maximum Gasteiger partial charge on any atom is 0.472 e. The lowest BCUT2D eigenvalue weighted by Gasteiger charge is -2.25. The van der Waals surface area contributed by atoms with Gasteiger partial charge in [-0.05, 0) is 32.1 Å². The van der Waals surface area contributed by atoms with Gasteiger partial charge in [-0.25, -0.2) is 4.57 Å². The summed E-state index contributed by atoms with van der Waals surface area (Å²) in [5.74, 6) is -0.179. The molecule has 0 saturated heterocycles. The first-order valence-electron chi connectivity index (χ1n) is 31.2. The van der Waals surface area contributed by atoms with Crippen molar-refractivity contribution < 1.29 is 32.9 Å². The highest BCUT2D eigenvalue weighted by Crippen LogP contribution is 2.43. The van der Waals surface area contributed by atoms with Crippen molar-refractivity contribution in [1.82, 2.24) is 5.32 Å². The van der Waals surface area contributed by atoms with E-state index in [1.54, 1.807) is 6.08 Å². The maximum absolute atomic E-state index is 13.0. The molecule has 0 aromatic rings. The van der Waals surface area contributed by atoms with Gasteiger partial charge in [-0.2, -0.15) is 0 Å². The van der Waals surface area contributed by atoms with Crippen molar-refractivity contribution in [2.24, 2.45) is 0 Å². The number of aliphatic hydroxyl groups is 1. The van der Waals surface area contributed by atoms with Crippen LogP contribution in [0.25, 0.3) is 0 Å². The van der Waals surface area contributed by atoms with Crippen molar-refractivity contribution in [2.75, 3.05) is 40.9 Å². The molecule has 0 heterocycles. The lowest BCUT2D eigenvalue weighted by Crippen LogP contribution is -2.45. The molecule has 0 fully saturated rings. The van der Waals surface area contributed by atoms with E-state index in [4.69, 9.17) is 9.05 Å². The Morgan fingerprint density at radius 3 is 1.13 bits per heavy atom. The van der Waals surface area contributed by atoms with Crippen molar-refractivity contribution in [3.8, 4) is 0 Å². The summed E-state index contributed by atoms with van der Waals surface area (Å²) in [5.41, 5.74) is 0. The van der Waals surface area contributed by atoms with Crippen molar-refractivity contribution in [2.45, 2.75) is 328 Å². The van der Waals surface area contributed by atoms with E-state index < -0.39 is 20.0 Å². The third kappa shape index (κ3) is 56.5. The molecule has 0 saturated carbocycles. The molecule has 0 aliphatic rings. The number of phosphoric ester groups is 1. The first-order chi connectivity index (χ1) is 34.5. The lowest BCUT2D eigenvalue weighted by atomic mass is 10.0. The molecule has 0 spiro atoms. The van der Waals surface area contributed by atoms with Crippen LogP contribution in [0.5, 0.6) is 0 Å². The van der Waals surface area contributed by atoms with E-state index in [-0.39, 0.29) is 19.1 Å². The number of amides is 1. The zero-order chi connectivity index (χ0) is 52.0. The number of quaternary nitrogens is 1. The fraction of sp³-hybridized carbons (Fsp3) is 0.919. The predicted molar refractivity (Wildman–Crippen MR) is 309 cm³/mol. The van der Waals surface area contributed by atoms with Crippen LogP contribution in [-0.4, -0.2) is 73.4 Å². The monoisotopic (exact) mass is 1020 g/mol. The Labute approximate surface area is 443 Å². The second-order valence-electron chi connectivity index (χ2n) is 22.8. The summed E-state index contributed by atoms with van der Waals surface area (Å²) >= 11 is 0. The summed E-state index contributed by atoms with van der Waals surface area (Å²) in [6, 6.07) is -0.861. The fourth-order valence-electron chi connectivity index (χ4n) is 9.53. The number of aliphatic hydroxyl groups excluding tert-OH is 1. The molecular weight excluding hydrogens is 900 g/mol. The molecule has 0 rings (SSSR count). The van der Waals surface area contributed by atoms with Crippen molar-refractivity contribution in [3.05, 3.63) is 24.3 Å². The summed E-state index contributed by atoms with van der Waals surface area (Å²) in [7, 11) is 1.57. The van der Waals surface area contributed by atoms with Crippen molar-refractivity contribution in [1.29, 1.82) is 0 Å². The average Bonchev–Trinajstić information content (AvgIpc) is 3.33. The Morgan fingerprint density at radius 2 is 0.775 bits per heavy atom. The lowest BCUT2D eigenvalue weighted by molar-refractivity contribution is -0.870. The molecule has 0 radical (unpaired) electrons. The quantitative estimate of drug-likeness (QED) is 0.0243. The van der Waals surface area contributed by atoms with E-state index in [0.717, 1.165) is 38.5 Å². The summed E-state index contributed by atoms with van der Waals surface area (Å²) in [6.07, 6.45) is 68.7. The predicted octanol–water partition coefficient (Wildman–Crippen LogP) is 19.2. The van der Waals surface area contributed by atoms with Gasteiger partial charge in [-0.1, -0.05) is 301 Å². The van der Waals surface area contributed by atoms with Crippen LogP contribution in [-0.2, 0) is 18.4 Å². The molecular formula is C62H124N2O6P+. The number of likely N-dealkylation sites (N-methyl/N-ethyl adjacent to an activating group) is 1. The minimum Gasteiger partial charge on any atom is -0.387 e. The number of hydrogen-bond donors (Lipinski definition) is 3. The van der Waals surface area contributed by atoms with Crippen molar-refractivity contribution >= 4 is 13.7 Å². The largest absolute Gasteiger partial charge is 0.472 e. The van der Waals surface area contributed by atoms with Crippen LogP contribution in [0.3, 0.4) is 0 Å². The molecule has 0 aromatic heterocycles. The summed E-state index contributed by atoms with van der Waals surface area (Å²) in [6.45, 7) is 4.85. The Balaban J connectivity index is 4.13. The number of phosphoric acid groups is 1. The van der Waals surface area contributed by atoms with Crippen LogP contribution in [0.15, 0.2) is 24.3 Å². The Hall–Kier alpha value is -1.02. The van der Waals surface area contributed by atoms with Crippen LogP contribution >= 0.6 is 7.82 Å². The highest BCUT2D eigenvalue weighted by molar-refractivity contribution is 7.47. The molecule has 8 nitrogen and oxygen atoms in total.